The Morgan fingerprint density at radius 3 is 2.38 bits per heavy atom. The highest BCUT2D eigenvalue weighted by Gasteiger charge is 2.35. The Bertz CT molecular complexity index is 487. The summed E-state index contributed by atoms with van der Waals surface area (Å²) in [6.07, 6.45) is 0.233. The van der Waals surface area contributed by atoms with Gasteiger partial charge in [-0.1, -0.05) is 0 Å². The van der Waals surface area contributed by atoms with Gasteiger partial charge < -0.3 is 14.2 Å². The Hall–Kier alpha value is -1.75. The molecule has 0 bridgehead atoms. The number of hydrogen-bond acceptors (Lipinski definition) is 5. The fourth-order valence-corrected chi connectivity index (χ4v) is 2.22. The van der Waals surface area contributed by atoms with Gasteiger partial charge in [0.1, 0.15) is 11.5 Å². The molecule has 21 heavy (non-hydrogen) atoms. The molecule has 0 aromatic heterocycles. The van der Waals surface area contributed by atoms with Crippen molar-refractivity contribution in [1.82, 2.24) is 4.90 Å². The molecule has 0 amide bonds. The topological polar surface area (TPSA) is 48.0 Å². The van der Waals surface area contributed by atoms with Crippen LogP contribution in [0.4, 0.5) is 0 Å². The maximum Gasteiger partial charge on any atom is 0.308 e. The molecule has 0 radical (unpaired) electrons. The number of ether oxygens (including phenoxy) is 3. The second-order valence-corrected chi connectivity index (χ2v) is 5.22. The van der Waals surface area contributed by atoms with Gasteiger partial charge in [0.05, 0.1) is 32.8 Å². The molecule has 0 saturated carbocycles. The summed E-state index contributed by atoms with van der Waals surface area (Å²) in [5.74, 6) is 1.21. The van der Waals surface area contributed by atoms with Crippen molar-refractivity contribution < 1.29 is 19.0 Å². The van der Waals surface area contributed by atoms with E-state index in [0.717, 1.165) is 17.1 Å². The highest BCUT2D eigenvalue weighted by atomic mass is 16.5. The smallest absolute Gasteiger partial charge is 0.308 e. The lowest BCUT2D eigenvalue weighted by Crippen LogP contribution is -2.41. The lowest BCUT2D eigenvalue weighted by molar-refractivity contribution is -0.146. The molecule has 1 atom stereocenters. The second kappa shape index (κ2) is 7.31. The van der Waals surface area contributed by atoms with Crippen LogP contribution in [0.25, 0.3) is 0 Å². The van der Waals surface area contributed by atoms with Crippen LogP contribution in [0.1, 0.15) is 25.8 Å². The van der Waals surface area contributed by atoms with Crippen LogP contribution in [-0.4, -0.2) is 45.8 Å². The molecule has 5 nitrogen and oxygen atoms in total. The highest BCUT2D eigenvalue weighted by molar-refractivity contribution is 5.71. The summed E-state index contributed by atoms with van der Waals surface area (Å²) in [5, 5.41) is 0. The van der Waals surface area contributed by atoms with Crippen LogP contribution in [0, 0.1) is 0 Å². The summed E-state index contributed by atoms with van der Waals surface area (Å²) >= 11 is 0. The van der Waals surface area contributed by atoms with Crippen LogP contribution < -0.4 is 9.47 Å². The van der Waals surface area contributed by atoms with E-state index in [-0.39, 0.29) is 12.4 Å². The summed E-state index contributed by atoms with van der Waals surface area (Å²) in [6.45, 7) is 4.16. The van der Waals surface area contributed by atoms with E-state index in [1.165, 1.54) is 0 Å². The van der Waals surface area contributed by atoms with Crippen LogP contribution in [0.5, 0.6) is 11.5 Å². The van der Waals surface area contributed by atoms with Gasteiger partial charge in [-0.15, -0.1) is 0 Å². The van der Waals surface area contributed by atoms with E-state index in [1.54, 1.807) is 21.1 Å². The summed E-state index contributed by atoms with van der Waals surface area (Å²) in [5.41, 5.74) is 0.342. The maximum atomic E-state index is 12.0. The first kappa shape index (κ1) is 17.3. The largest absolute Gasteiger partial charge is 0.497 e. The number of rotatable bonds is 7. The van der Waals surface area contributed by atoms with E-state index in [1.807, 2.05) is 44.1 Å². The van der Waals surface area contributed by atoms with Crippen LogP contribution in [0.3, 0.4) is 0 Å². The van der Waals surface area contributed by atoms with Crippen molar-refractivity contribution in [2.45, 2.75) is 25.8 Å². The molecular weight excluding hydrogens is 270 g/mol. The van der Waals surface area contributed by atoms with Gasteiger partial charge in [0.15, 0.2) is 0 Å². The highest BCUT2D eigenvalue weighted by Crippen LogP contribution is 2.38. The summed E-state index contributed by atoms with van der Waals surface area (Å²) in [6, 6.07) is 5.59. The minimum Gasteiger partial charge on any atom is -0.497 e. The lowest BCUT2D eigenvalue weighted by Gasteiger charge is -2.37. The molecule has 0 heterocycles. The van der Waals surface area contributed by atoms with Crippen molar-refractivity contribution >= 4 is 5.97 Å². The van der Waals surface area contributed by atoms with Crippen molar-refractivity contribution in [3.05, 3.63) is 23.8 Å². The average Bonchev–Trinajstić information content (AvgIpc) is 2.46. The van der Waals surface area contributed by atoms with Gasteiger partial charge in [-0.25, -0.2) is 0 Å². The molecule has 1 aromatic rings. The van der Waals surface area contributed by atoms with E-state index in [0.29, 0.717) is 6.61 Å². The van der Waals surface area contributed by atoms with Crippen molar-refractivity contribution in [2.75, 3.05) is 34.9 Å². The predicted molar refractivity (Wildman–Crippen MR) is 81.8 cm³/mol. The minimum absolute atomic E-state index is 0.233. The normalized spacial score (nSPS) is 13.7. The fraction of sp³-hybridized carbons (Fsp3) is 0.562. The average molecular weight is 295 g/mol. The van der Waals surface area contributed by atoms with Crippen molar-refractivity contribution in [2.24, 2.45) is 0 Å². The Morgan fingerprint density at radius 2 is 1.90 bits per heavy atom. The molecule has 0 N–H and O–H groups in total. The summed E-state index contributed by atoms with van der Waals surface area (Å²) < 4.78 is 15.8. The van der Waals surface area contributed by atoms with Crippen molar-refractivity contribution in [3.8, 4) is 11.5 Å². The summed E-state index contributed by atoms with van der Waals surface area (Å²) in [4.78, 5) is 14.0. The Balaban J connectivity index is 3.29. The first-order valence-electron chi connectivity index (χ1n) is 6.94. The zero-order valence-electron chi connectivity index (χ0n) is 13.7. The predicted octanol–water partition coefficient (Wildman–Crippen LogP) is 2.43. The Labute approximate surface area is 126 Å². The van der Waals surface area contributed by atoms with Gasteiger partial charge in [-0.2, -0.15) is 0 Å². The van der Waals surface area contributed by atoms with Crippen LogP contribution in [0.2, 0.25) is 0 Å². The number of benzene rings is 1. The third kappa shape index (κ3) is 3.88. The van der Waals surface area contributed by atoms with E-state index >= 15 is 0 Å². The monoisotopic (exact) mass is 295 g/mol. The molecule has 5 heteroatoms. The molecule has 0 aliphatic carbocycles. The molecule has 1 rings (SSSR count). The van der Waals surface area contributed by atoms with E-state index in [9.17, 15) is 4.79 Å². The molecule has 0 saturated heterocycles. The van der Waals surface area contributed by atoms with Gasteiger partial charge in [0.25, 0.3) is 0 Å². The molecule has 0 aliphatic rings. The molecule has 1 aromatic carbocycles. The zero-order chi connectivity index (χ0) is 16.0. The third-order valence-electron chi connectivity index (χ3n) is 3.77. The molecule has 1 unspecified atom stereocenters. The standard InChI is InChI=1S/C16H25NO4/c1-7-21-15(18)11-16(2,17(3)4)13-10-12(19-5)8-9-14(13)20-6/h8-10H,7,11H2,1-6H3. The van der Waals surface area contributed by atoms with Crippen molar-refractivity contribution in [3.63, 3.8) is 0 Å². The fourth-order valence-electron chi connectivity index (χ4n) is 2.22. The summed E-state index contributed by atoms with van der Waals surface area (Å²) in [7, 11) is 7.09. The maximum absolute atomic E-state index is 12.0. The van der Waals surface area contributed by atoms with Gasteiger partial charge in [0.2, 0.25) is 0 Å². The SMILES string of the molecule is CCOC(=O)CC(C)(c1cc(OC)ccc1OC)N(C)C. The molecule has 0 spiro atoms. The number of carbonyl (C=O) groups excluding carboxylic acids is 1. The van der Waals surface area contributed by atoms with Gasteiger partial charge in [-0.3, -0.25) is 9.69 Å². The second-order valence-electron chi connectivity index (χ2n) is 5.22. The minimum atomic E-state index is -0.549. The van der Waals surface area contributed by atoms with E-state index in [4.69, 9.17) is 14.2 Å². The Kier molecular flexibility index (Phi) is 6.03. The molecule has 0 fully saturated rings. The van der Waals surface area contributed by atoms with E-state index < -0.39 is 5.54 Å². The van der Waals surface area contributed by atoms with Crippen molar-refractivity contribution in [1.29, 1.82) is 0 Å². The van der Waals surface area contributed by atoms with Gasteiger partial charge >= 0.3 is 5.97 Å². The molecule has 118 valence electrons. The molecule has 0 aliphatic heterocycles. The number of nitrogens with zero attached hydrogens (tertiary/aromatic N) is 1. The van der Waals surface area contributed by atoms with Crippen LogP contribution >= 0.6 is 0 Å². The number of methoxy groups -OCH3 is 2. The third-order valence-corrected chi connectivity index (χ3v) is 3.77. The lowest BCUT2D eigenvalue weighted by atomic mass is 9.86. The van der Waals surface area contributed by atoms with Crippen LogP contribution in [0.15, 0.2) is 18.2 Å². The van der Waals surface area contributed by atoms with Gasteiger partial charge in [-0.05, 0) is 46.1 Å². The van der Waals surface area contributed by atoms with Gasteiger partial charge in [0, 0.05) is 5.56 Å². The first-order chi connectivity index (χ1) is 9.88. The zero-order valence-corrected chi connectivity index (χ0v) is 13.7. The molecular formula is C16H25NO4. The number of esters is 1. The number of carbonyl (C=O) groups is 1. The quantitative estimate of drug-likeness (QED) is 0.723. The Morgan fingerprint density at radius 1 is 1.24 bits per heavy atom. The number of hydrogen-bond donors (Lipinski definition) is 0. The van der Waals surface area contributed by atoms with Crippen LogP contribution in [-0.2, 0) is 15.1 Å². The first-order valence-corrected chi connectivity index (χ1v) is 6.94. The van der Waals surface area contributed by atoms with E-state index in [2.05, 4.69) is 0 Å².